The molecule has 0 aromatic heterocycles. The molecule has 1 aliphatic rings. The molecule has 1 saturated heterocycles. The van der Waals surface area contributed by atoms with Crippen LogP contribution in [0.1, 0.15) is 58.6 Å². The van der Waals surface area contributed by atoms with Crippen molar-refractivity contribution in [2.75, 3.05) is 26.2 Å². The number of alkyl carbamates (subject to hydrolysis) is 1. The first-order chi connectivity index (χ1) is 15.6. The van der Waals surface area contributed by atoms with Crippen LogP contribution in [0.15, 0.2) is 30.3 Å². The fourth-order valence-corrected chi connectivity index (χ4v) is 3.55. The Labute approximate surface area is 195 Å². The van der Waals surface area contributed by atoms with Gasteiger partial charge in [0.05, 0.1) is 12.0 Å². The normalized spacial score (nSPS) is 16.8. The minimum absolute atomic E-state index is 0.0150. The molecular weight excluding hydrogens is 424 g/mol. The zero-order valence-corrected chi connectivity index (χ0v) is 20.0. The van der Waals surface area contributed by atoms with Crippen molar-refractivity contribution in [3.05, 3.63) is 35.9 Å². The molecule has 9 nitrogen and oxygen atoms in total. The average Bonchev–Trinajstić information content (AvgIpc) is 3.14. The fourth-order valence-electron chi connectivity index (χ4n) is 3.55. The van der Waals surface area contributed by atoms with E-state index in [-0.39, 0.29) is 49.1 Å². The highest BCUT2D eigenvalue weighted by Gasteiger charge is 2.36. The molecule has 1 aromatic carbocycles. The van der Waals surface area contributed by atoms with E-state index in [9.17, 15) is 19.2 Å². The topological polar surface area (TPSA) is 117 Å². The third-order valence-electron chi connectivity index (χ3n) is 5.27. The van der Waals surface area contributed by atoms with E-state index in [2.05, 4.69) is 16.0 Å². The molecule has 182 valence electrons. The Morgan fingerprint density at radius 1 is 1.06 bits per heavy atom. The molecule has 2 rings (SSSR count). The van der Waals surface area contributed by atoms with Crippen LogP contribution in [0, 0.1) is 5.92 Å². The molecule has 1 fully saturated rings. The zero-order valence-electron chi connectivity index (χ0n) is 20.0. The van der Waals surface area contributed by atoms with Gasteiger partial charge in [-0.3, -0.25) is 14.4 Å². The molecule has 1 heterocycles. The monoisotopic (exact) mass is 460 g/mol. The highest BCUT2D eigenvalue weighted by Crippen LogP contribution is 2.28. The quantitative estimate of drug-likeness (QED) is 0.463. The first-order valence-electron chi connectivity index (χ1n) is 11.4. The molecule has 9 heteroatoms. The maximum Gasteiger partial charge on any atom is 0.407 e. The molecule has 2 atom stereocenters. The van der Waals surface area contributed by atoms with Gasteiger partial charge in [0.2, 0.25) is 17.7 Å². The van der Waals surface area contributed by atoms with Crippen LogP contribution in [0.2, 0.25) is 0 Å². The van der Waals surface area contributed by atoms with E-state index in [1.54, 1.807) is 25.7 Å². The Bertz CT molecular complexity index is 822. The number of likely N-dealkylation sites (tertiary alicyclic amines) is 1. The summed E-state index contributed by atoms with van der Waals surface area (Å²) in [5, 5.41) is 8.14. The predicted octanol–water partition coefficient (Wildman–Crippen LogP) is 2.13. The van der Waals surface area contributed by atoms with E-state index in [1.807, 2.05) is 37.3 Å². The molecule has 4 amide bonds. The first-order valence-corrected chi connectivity index (χ1v) is 11.4. The minimum Gasteiger partial charge on any atom is -0.444 e. The van der Waals surface area contributed by atoms with Gasteiger partial charge < -0.3 is 25.6 Å². The van der Waals surface area contributed by atoms with Crippen LogP contribution in [0.4, 0.5) is 4.79 Å². The van der Waals surface area contributed by atoms with E-state index in [4.69, 9.17) is 4.74 Å². The third kappa shape index (κ3) is 9.11. The lowest BCUT2D eigenvalue weighted by Crippen LogP contribution is -2.36. The summed E-state index contributed by atoms with van der Waals surface area (Å²) in [6.07, 6.45) is 0.373. The van der Waals surface area contributed by atoms with Gasteiger partial charge in [0.1, 0.15) is 5.60 Å². The summed E-state index contributed by atoms with van der Waals surface area (Å²) in [5.74, 6) is -0.709. The number of hydrogen-bond donors (Lipinski definition) is 3. The van der Waals surface area contributed by atoms with Crippen LogP contribution in [-0.2, 0) is 19.1 Å². The van der Waals surface area contributed by atoms with Crippen molar-refractivity contribution in [3.63, 3.8) is 0 Å². The van der Waals surface area contributed by atoms with Crippen LogP contribution >= 0.6 is 0 Å². The van der Waals surface area contributed by atoms with Gasteiger partial charge in [-0.15, -0.1) is 0 Å². The number of nitrogens with zero attached hydrogens (tertiary/aromatic N) is 1. The van der Waals surface area contributed by atoms with Crippen LogP contribution in [0.25, 0.3) is 0 Å². The highest BCUT2D eigenvalue weighted by atomic mass is 16.6. The Morgan fingerprint density at radius 2 is 1.73 bits per heavy atom. The van der Waals surface area contributed by atoms with Crippen molar-refractivity contribution in [2.45, 2.75) is 58.6 Å². The Hall–Kier alpha value is -3.10. The highest BCUT2D eigenvalue weighted by molar-refractivity contribution is 5.89. The lowest BCUT2D eigenvalue weighted by Gasteiger charge is -2.25. The first kappa shape index (κ1) is 26.2. The molecule has 3 N–H and O–H groups in total. The van der Waals surface area contributed by atoms with E-state index < -0.39 is 11.7 Å². The molecule has 2 unspecified atom stereocenters. The lowest BCUT2D eigenvalue weighted by atomic mass is 10.1. The summed E-state index contributed by atoms with van der Waals surface area (Å²) in [6.45, 7) is 8.69. The van der Waals surface area contributed by atoms with Gasteiger partial charge in [0.15, 0.2) is 0 Å². The summed E-state index contributed by atoms with van der Waals surface area (Å²) in [5.41, 5.74) is 0.463. The van der Waals surface area contributed by atoms with Crippen molar-refractivity contribution < 1.29 is 23.9 Å². The van der Waals surface area contributed by atoms with Gasteiger partial charge >= 0.3 is 6.09 Å². The minimum atomic E-state index is -0.582. The summed E-state index contributed by atoms with van der Waals surface area (Å²) in [6, 6.07) is 9.69. The largest absolute Gasteiger partial charge is 0.444 e. The number of amides is 4. The number of nitrogens with one attached hydrogen (secondary N) is 3. The third-order valence-corrected chi connectivity index (χ3v) is 5.27. The maximum absolute atomic E-state index is 12.5. The molecular formula is C24H36N4O5. The molecule has 33 heavy (non-hydrogen) atoms. The van der Waals surface area contributed by atoms with Gasteiger partial charge in [-0.05, 0) is 39.7 Å². The second-order valence-electron chi connectivity index (χ2n) is 9.21. The molecule has 0 spiro atoms. The zero-order chi connectivity index (χ0) is 24.4. The van der Waals surface area contributed by atoms with Crippen LogP contribution in [0.5, 0.6) is 0 Å². The molecule has 0 radical (unpaired) electrons. The van der Waals surface area contributed by atoms with E-state index in [0.29, 0.717) is 26.1 Å². The number of hydrogen-bond acceptors (Lipinski definition) is 5. The maximum atomic E-state index is 12.5. The van der Waals surface area contributed by atoms with Gasteiger partial charge in [-0.2, -0.15) is 0 Å². The SMILES string of the molecule is CC(c1ccccc1)N1CC(C(=O)NCCCNC(=O)CCNC(=O)OC(C)(C)C)CC1=O. The number of carbonyl (C=O) groups excluding carboxylic acids is 4. The summed E-state index contributed by atoms with van der Waals surface area (Å²) in [4.78, 5) is 50.0. The Kier molecular flexibility index (Phi) is 9.69. The average molecular weight is 461 g/mol. The molecule has 0 saturated carbocycles. The van der Waals surface area contributed by atoms with Crippen molar-refractivity contribution in [2.24, 2.45) is 5.92 Å². The smallest absolute Gasteiger partial charge is 0.407 e. The van der Waals surface area contributed by atoms with Gasteiger partial charge in [0, 0.05) is 39.0 Å². The van der Waals surface area contributed by atoms with Crippen LogP contribution < -0.4 is 16.0 Å². The number of benzene rings is 1. The number of carbonyl (C=O) groups is 4. The molecule has 1 aromatic rings. The Balaban J connectivity index is 1.59. The van der Waals surface area contributed by atoms with Crippen molar-refractivity contribution in [1.82, 2.24) is 20.9 Å². The number of ether oxygens (including phenoxy) is 1. The van der Waals surface area contributed by atoms with Crippen molar-refractivity contribution >= 4 is 23.8 Å². The molecule has 1 aliphatic heterocycles. The van der Waals surface area contributed by atoms with E-state index >= 15 is 0 Å². The second-order valence-corrected chi connectivity index (χ2v) is 9.21. The lowest BCUT2D eigenvalue weighted by molar-refractivity contribution is -0.130. The predicted molar refractivity (Wildman–Crippen MR) is 124 cm³/mol. The summed E-state index contributed by atoms with van der Waals surface area (Å²) < 4.78 is 5.10. The van der Waals surface area contributed by atoms with Gasteiger partial charge in [-0.25, -0.2) is 4.79 Å². The van der Waals surface area contributed by atoms with Crippen molar-refractivity contribution in [3.8, 4) is 0 Å². The number of rotatable bonds is 10. The van der Waals surface area contributed by atoms with E-state index in [0.717, 1.165) is 5.56 Å². The van der Waals surface area contributed by atoms with E-state index in [1.165, 1.54) is 0 Å². The standard InChI is InChI=1S/C24H36N4O5/c1-17(18-9-6-5-7-10-18)28-16-19(15-21(28)30)22(31)26-13-8-12-25-20(29)11-14-27-23(32)33-24(2,3)4/h5-7,9-10,17,19H,8,11-16H2,1-4H3,(H,25,29)(H,26,31)(H,27,32). The van der Waals surface area contributed by atoms with Crippen LogP contribution in [0.3, 0.4) is 0 Å². The summed E-state index contributed by atoms with van der Waals surface area (Å²) in [7, 11) is 0. The Morgan fingerprint density at radius 3 is 2.39 bits per heavy atom. The second kappa shape index (κ2) is 12.2. The van der Waals surface area contributed by atoms with Gasteiger partial charge in [-0.1, -0.05) is 30.3 Å². The van der Waals surface area contributed by atoms with Gasteiger partial charge in [0.25, 0.3) is 0 Å². The molecule has 0 bridgehead atoms. The summed E-state index contributed by atoms with van der Waals surface area (Å²) >= 11 is 0. The molecule has 0 aliphatic carbocycles. The van der Waals surface area contributed by atoms with Crippen molar-refractivity contribution in [1.29, 1.82) is 0 Å². The fraction of sp³-hybridized carbons (Fsp3) is 0.583. The van der Waals surface area contributed by atoms with Crippen LogP contribution in [-0.4, -0.2) is 60.5 Å².